The number of carbonyl (C=O) groups excluding carboxylic acids is 1. The zero-order valence-corrected chi connectivity index (χ0v) is 15.6. The van der Waals surface area contributed by atoms with Crippen molar-refractivity contribution >= 4 is 17.6 Å². The van der Waals surface area contributed by atoms with Crippen molar-refractivity contribution in [2.24, 2.45) is 0 Å². The van der Waals surface area contributed by atoms with Gasteiger partial charge in [0, 0.05) is 19.2 Å². The van der Waals surface area contributed by atoms with E-state index in [4.69, 9.17) is 4.74 Å². The van der Waals surface area contributed by atoms with Gasteiger partial charge >= 0.3 is 0 Å². The highest BCUT2D eigenvalue weighted by Crippen LogP contribution is 2.22. The predicted molar refractivity (Wildman–Crippen MR) is 110 cm³/mol. The fraction of sp³-hybridized carbons (Fsp3) is 0.125. The number of hydrogen-bond donors (Lipinski definition) is 0. The van der Waals surface area contributed by atoms with Crippen LogP contribution < -0.4 is 4.74 Å². The lowest BCUT2D eigenvalue weighted by Gasteiger charge is -2.20. The Morgan fingerprint density at radius 3 is 2.07 bits per heavy atom. The second-order valence-electron chi connectivity index (χ2n) is 6.34. The van der Waals surface area contributed by atoms with Crippen LogP contribution in [0, 0.1) is 0 Å². The van der Waals surface area contributed by atoms with E-state index in [1.54, 1.807) is 12.0 Å². The van der Waals surface area contributed by atoms with E-state index in [9.17, 15) is 4.79 Å². The van der Waals surface area contributed by atoms with Crippen LogP contribution >= 0.6 is 0 Å². The Hall–Kier alpha value is -3.33. The summed E-state index contributed by atoms with van der Waals surface area (Å²) in [5.41, 5.74) is 3.65. The quantitative estimate of drug-likeness (QED) is 0.464. The largest absolute Gasteiger partial charge is 0.497 e. The third kappa shape index (κ3) is 4.85. The minimum Gasteiger partial charge on any atom is -0.497 e. The van der Waals surface area contributed by atoms with Crippen LogP contribution in [-0.4, -0.2) is 25.0 Å². The molecule has 3 aromatic rings. The van der Waals surface area contributed by atoms with E-state index in [1.807, 2.05) is 98.1 Å². The van der Waals surface area contributed by atoms with Crippen molar-refractivity contribution in [2.45, 2.75) is 6.54 Å². The molecule has 0 radical (unpaired) electrons. The Morgan fingerprint density at radius 1 is 0.889 bits per heavy atom. The molecule has 0 saturated carbocycles. The standard InChI is InChI=1S/C24H23NO2/c1-25(18-20-13-15-22(27-2)16-14-20)24(26)23(21-11-7-4-8-12-21)17-19-9-5-3-6-10-19/h3-17H,18H2,1-2H3/b23-17+. The fourth-order valence-corrected chi connectivity index (χ4v) is 2.88. The Bertz CT molecular complexity index is 900. The number of likely N-dealkylation sites (N-methyl/N-ethyl adjacent to an activating group) is 1. The molecule has 0 N–H and O–H groups in total. The first-order valence-corrected chi connectivity index (χ1v) is 8.88. The molecule has 3 heteroatoms. The number of benzene rings is 3. The van der Waals surface area contributed by atoms with Gasteiger partial charge in [-0.2, -0.15) is 0 Å². The average molecular weight is 357 g/mol. The number of nitrogens with zero attached hydrogens (tertiary/aromatic N) is 1. The summed E-state index contributed by atoms with van der Waals surface area (Å²) in [6.45, 7) is 0.530. The molecule has 3 nitrogen and oxygen atoms in total. The molecule has 3 aromatic carbocycles. The number of ether oxygens (including phenoxy) is 1. The minimum atomic E-state index is -0.0131. The molecule has 0 saturated heterocycles. The maximum Gasteiger partial charge on any atom is 0.254 e. The van der Waals surface area contributed by atoms with Crippen LogP contribution in [-0.2, 0) is 11.3 Å². The van der Waals surface area contributed by atoms with Crippen LogP contribution in [0.2, 0.25) is 0 Å². The van der Waals surface area contributed by atoms with Crippen LogP contribution in [0.4, 0.5) is 0 Å². The topological polar surface area (TPSA) is 29.5 Å². The van der Waals surface area contributed by atoms with Crippen molar-refractivity contribution in [3.05, 3.63) is 102 Å². The van der Waals surface area contributed by atoms with Gasteiger partial charge in [-0.05, 0) is 34.9 Å². The lowest BCUT2D eigenvalue weighted by molar-refractivity contribution is -0.124. The number of carbonyl (C=O) groups is 1. The zero-order chi connectivity index (χ0) is 19.1. The first kappa shape index (κ1) is 18.5. The van der Waals surface area contributed by atoms with E-state index in [1.165, 1.54) is 0 Å². The Morgan fingerprint density at radius 2 is 1.48 bits per heavy atom. The number of amides is 1. The smallest absolute Gasteiger partial charge is 0.254 e. The lowest BCUT2D eigenvalue weighted by Crippen LogP contribution is -2.27. The molecule has 0 heterocycles. The van der Waals surface area contributed by atoms with Gasteiger partial charge in [-0.1, -0.05) is 72.8 Å². The molecule has 0 aliphatic carbocycles. The molecular weight excluding hydrogens is 334 g/mol. The summed E-state index contributed by atoms with van der Waals surface area (Å²) in [6.07, 6.45) is 1.95. The molecule has 0 spiro atoms. The summed E-state index contributed by atoms with van der Waals surface area (Å²) < 4.78 is 5.19. The normalized spacial score (nSPS) is 11.1. The Labute approximate surface area is 160 Å². The van der Waals surface area contributed by atoms with Crippen molar-refractivity contribution in [3.63, 3.8) is 0 Å². The van der Waals surface area contributed by atoms with Crippen LogP contribution in [0.25, 0.3) is 11.6 Å². The predicted octanol–water partition coefficient (Wildman–Crippen LogP) is 4.89. The summed E-state index contributed by atoms with van der Waals surface area (Å²) in [6, 6.07) is 27.5. The maximum atomic E-state index is 13.2. The van der Waals surface area contributed by atoms with E-state index in [-0.39, 0.29) is 5.91 Å². The monoisotopic (exact) mass is 357 g/mol. The van der Waals surface area contributed by atoms with Crippen molar-refractivity contribution in [2.75, 3.05) is 14.2 Å². The fourth-order valence-electron chi connectivity index (χ4n) is 2.88. The van der Waals surface area contributed by atoms with Gasteiger partial charge < -0.3 is 9.64 Å². The van der Waals surface area contributed by atoms with Crippen LogP contribution in [0.3, 0.4) is 0 Å². The van der Waals surface area contributed by atoms with Gasteiger partial charge in [0.2, 0.25) is 0 Å². The van der Waals surface area contributed by atoms with Gasteiger partial charge in [-0.25, -0.2) is 0 Å². The Balaban J connectivity index is 1.87. The van der Waals surface area contributed by atoms with Crippen molar-refractivity contribution < 1.29 is 9.53 Å². The lowest BCUT2D eigenvalue weighted by atomic mass is 10.0. The molecule has 0 aliphatic heterocycles. The average Bonchev–Trinajstić information content (AvgIpc) is 2.73. The molecule has 136 valence electrons. The molecule has 0 aliphatic rings. The molecule has 0 fully saturated rings. The first-order chi connectivity index (χ1) is 13.2. The number of methoxy groups -OCH3 is 1. The molecule has 0 unspecified atom stereocenters. The van der Waals surface area contributed by atoms with E-state index in [2.05, 4.69) is 0 Å². The second-order valence-corrected chi connectivity index (χ2v) is 6.34. The van der Waals surface area contributed by atoms with Gasteiger partial charge in [-0.15, -0.1) is 0 Å². The molecule has 0 aromatic heterocycles. The molecule has 0 bridgehead atoms. The van der Waals surface area contributed by atoms with E-state index >= 15 is 0 Å². The van der Waals surface area contributed by atoms with Gasteiger partial charge in [0.15, 0.2) is 0 Å². The summed E-state index contributed by atoms with van der Waals surface area (Å²) in [5.74, 6) is 0.794. The van der Waals surface area contributed by atoms with E-state index in [0.29, 0.717) is 12.1 Å². The maximum absolute atomic E-state index is 13.2. The molecule has 1 amide bonds. The van der Waals surface area contributed by atoms with E-state index < -0.39 is 0 Å². The summed E-state index contributed by atoms with van der Waals surface area (Å²) in [4.78, 5) is 14.9. The van der Waals surface area contributed by atoms with Crippen LogP contribution in [0.15, 0.2) is 84.9 Å². The van der Waals surface area contributed by atoms with Crippen LogP contribution in [0.5, 0.6) is 5.75 Å². The second kappa shape index (κ2) is 8.86. The SMILES string of the molecule is COc1ccc(CN(C)C(=O)/C(=C/c2ccccc2)c2ccccc2)cc1. The van der Waals surface area contributed by atoms with Gasteiger partial charge in [0.05, 0.1) is 7.11 Å². The molecule has 27 heavy (non-hydrogen) atoms. The molecular formula is C24H23NO2. The summed E-state index contributed by atoms with van der Waals surface area (Å²) >= 11 is 0. The Kier molecular flexibility index (Phi) is 6.06. The highest BCUT2D eigenvalue weighted by atomic mass is 16.5. The van der Waals surface area contributed by atoms with Crippen molar-refractivity contribution in [1.29, 1.82) is 0 Å². The number of rotatable bonds is 6. The highest BCUT2D eigenvalue weighted by Gasteiger charge is 2.17. The summed E-state index contributed by atoms with van der Waals surface area (Å²) in [7, 11) is 3.47. The number of hydrogen-bond acceptors (Lipinski definition) is 2. The highest BCUT2D eigenvalue weighted by molar-refractivity contribution is 6.24. The first-order valence-electron chi connectivity index (χ1n) is 8.88. The molecule has 0 atom stereocenters. The minimum absolute atomic E-state index is 0.0131. The van der Waals surface area contributed by atoms with Gasteiger partial charge in [0.25, 0.3) is 5.91 Å². The van der Waals surface area contributed by atoms with Gasteiger partial charge in [-0.3, -0.25) is 4.79 Å². The van der Waals surface area contributed by atoms with Crippen LogP contribution in [0.1, 0.15) is 16.7 Å². The molecule has 3 rings (SSSR count). The summed E-state index contributed by atoms with van der Waals surface area (Å²) in [5, 5.41) is 0. The van der Waals surface area contributed by atoms with Crippen molar-refractivity contribution in [1.82, 2.24) is 4.90 Å². The van der Waals surface area contributed by atoms with Crippen molar-refractivity contribution in [3.8, 4) is 5.75 Å². The zero-order valence-electron chi connectivity index (χ0n) is 15.6. The third-order valence-electron chi connectivity index (χ3n) is 4.35. The van der Waals surface area contributed by atoms with Gasteiger partial charge in [0.1, 0.15) is 5.75 Å². The third-order valence-corrected chi connectivity index (χ3v) is 4.35. The van der Waals surface area contributed by atoms with E-state index in [0.717, 1.165) is 22.4 Å².